The Morgan fingerprint density at radius 3 is 2.34 bits per heavy atom. The van der Waals surface area contributed by atoms with E-state index in [9.17, 15) is 15.3 Å². The fraction of sp³-hybridized carbons (Fsp3) is 0.714. The number of hydrogen-bond donors (Lipinski definition) is 3. The zero-order chi connectivity index (χ0) is 27.7. The van der Waals surface area contributed by atoms with Gasteiger partial charge in [-0.3, -0.25) is 0 Å². The minimum atomic E-state index is -0.641. The molecule has 0 aliphatic heterocycles. The van der Waals surface area contributed by atoms with Crippen LogP contribution in [0, 0.1) is 28.1 Å². The maximum atomic E-state index is 11.2. The predicted octanol–water partition coefficient (Wildman–Crippen LogP) is 7.99. The molecule has 0 aromatic heterocycles. The van der Waals surface area contributed by atoms with Crippen LogP contribution in [0.3, 0.4) is 0 Å². The Labute approximate surface area is 232 Å². The molecule has 0 spiro atoms. The molecule has 0 aromatic carbocycles. The van der Waals surface area contributed by atoms with Crippen LogP contribution in [0.1, 0.15) is 111 Å². The van der Waals surface area contributed by atoms with Crippen molar-refractivity contribution in [2.45, 2.75) is 129 Å². The van der Waals surface area contributed by atoms with E-state index < -0.39 is 18.3 Å². The average molecular weight is 523 g/mol. The highest BCUT2D eigenvalue weighted by Crippen LogP contribution is 2.67. The zero-order valence-electron chi connectivity index (χ0n) is 24.6. The van der Waals surface area contributed by atoms with E-state index >= 15 is 0 Å². The second-order valence-corrected chi connectivity index (χ2v) is 13.7. The third kappa shape index (κ3) is 5.45. The van der Waals surface area contributed by atoms with Gasteiger partial charge in [-0.15, -0.1) is 0 Å². The van der Waals surface area contributed by atoms with Gasteiger partial charge in [0.2, 0.25) is 0 Å². The first-order valence-electron chi connectivity index (χ1n) is 15.5. The molecule has 0 heterocycles. The first-order valence-corrected chi connectivity index (χ1v) is 15.5. The van der Waals surface area contributed by atoms with Crippen LogP contribution >= 0.6 is 0 Å². The summed E-state index contributed by atoms with van der Waals surface area (Å²) in [5.74, 6) is 1.02. The molecule has 4 aliphatic carbocycles. The van der Waals surface area contributed by atoms with Gasteiger partial charge in [0.15, 0.2) is 0 Å². The Kier molecular flexibility index (Phi) is 9.02. The summed E-state index contributed by atoms with van der Waals surface area (Å²) in [6.45, 7) is 17.8. The van der Waals surface area contributed by atoms with Gasteiger partial charge in [-0.2, -0.15) is 0 Å². The molecule has 3 nitrogen and oxygen atoms in total. The van der Waals surface area contributed by atoms with Gasteiger partial charge in [0.1, 0.15) is 0 Å². The third-order valence-electron chi connectivity index (χ3n) is 11.5. The van der Waals surface area contributed by atoms with Crippen molar-refractivity contribution in [3.05, 3.63) is 59.8 Å². The largest absolute Gasteiger partial charge is 0.388 e. The van der Waals surface area contributed by atoms with Crippen molar-refractivity contribution in [1.82, 2.24) is 0 Å². The van der Waals surface area contributed by atoms with Crippen LogP contribution in [-0.2, 0) is 0 Å². The normalized spacial score (nSPS) is 37.3. The molecule has 0 radical (unpaired) electrons. The summed E-state index contributed by atoms with van der Waals surface area (Å²) < 4.78 is 0. The van der Waals surface area contributed by atoms with E-state index in [0.717, 1.165) is 31.3 Å². The first kappa shape index (κ1) is 29.6. The fourth-order valence-corrected chi connectivity index (χ4v) is 8.33. The number of aliphatic hydroxyl groups excluding tert-OH is 3. The molecule has 0 unspecified atom stereocenters. The van der Waals surface area contributed by atoms with Gasteiger partial charge < -0.3 is 15.3 Å². The molecule has 0 amide bonds. The number of unbranched alkanes of at least 4 members (excludes halogenated alkanes) is 2. The van der Waals surface area contributed by atoms with Crippen molar-refractivity contribution in [3.8, 4) is 0 Å². The highest BCUT2D eigenvalue weighted by molar-refractivity contribution is 5.33. The van der Waals surface area contributed by atoms with E-state index in [1.54, 1.807) is 0 Å². The highest BCUT2D eigenvalue weighted by Gasteiger charge is 2.58. The van der Waals surface area contributed by atoms with E-state index in [-0.39, 0.29) is 16.2 Å². The molecule has 3 N–H and O–H groups in total. The van der Waals surface area contributed by atoms with Crippen molar-refractivity contribution in [3.63, 3.8) is 0 Å². The van der Waals surface area contributed by atoms with Crippen molar-refractivity contribution in [2.75, 3.05) is 0 Å². The molecule has 4 saturated carbocycles. The van der Waals surface area contributed by atoms with Crippen LogP contribution in [0.4, 0.5) is 0 Å². The minimum Gasteiger partial charge on any atom is -0.388 e. The van der Waals surface area contributed by atoms with Crippen molar-refractivity contribution in [1.29, 1.82) is 0 Å². The summed E-state index contributed by atoms with van der Waals surface area (Å²) in [6.07, 6.45) is 21.2. The molecule has 38 heavy (non-hydrogen) atoms. The maximum Gasteiger partial charge on any atom is 0.0814 e. The first-order chi connectivity index (χ1) is 18.0. The predicted molar refractivity (Wildman–Crippen MR) is 159 cm³/mol. The fourth-order valence-electron chi connectivity index (χ4n) is 8.33. The standard InChI is InChI=1S/C35H54O3/c1-7-8-9-11-25(3)35(20-21-35)32(38)16-13-24(2)29-17-19-33(5)28(12-10-18-34(29,33)6)15-14-27-22-30(36)26(4)31(37)23-27/h13-16,24,29-32,36-38H,3-4,7-12,17-23H2,1-2,5-6H3/b16-13+,28-15+/t24-,29-,30-,31-,32-,33+,34-/m1/s1. The number of fused-ring (bicyclic) bond motifs is 1. The number of rotatable bonds is 10. The van der Waals surface area contributed by atoms with Gasteiger partial charge in [0, 0.05) is 5.41 Å². The van der Waals surface area contributed by atoms with E-state index in [0.29, 0.717) is 30.3 Å². The van der Waals surface area contributed by atoms with E-state index in [1.165, 1.54) is 56.1 Å². The summed E-state index contributed by atoms with van der Waals surface area (Å²) in [4.78, 5) is 0. The Bertz CT molecular complexity index is 965. The molecular formula is C35H54O3. The van der Waals surface area contributed by atoms with E-state index in [2.05, 4.69) is 65.2 Å². The van der Waals surface area contributed by atoms with Gasteiger partial charge in [-0.1, -0.05) is 94.7 Å². The topological polar surface area (TPSA) is 60.7 Å². The van der Waals surface area contributed by atoms with Crippen LogP contribution < -0.4 is 0 Å². The van der Waals surface area contributed by atoms with Crippen LogP contribution in [0.2, 0.25) is 0 Å². The second kappa shape index (κ2) is 11.6. The van der Waals surface area contributed by atoms with Crippen LogP contribution in [0.15, 0.2) is 59.8 Å². The highest BCUT2D eigenvalue weighted by atomic mass is 16.3. The SMILES string of the molecule is C=C1[C@H](O)CC(=C/C=C2\CCC[C@]3(C)[C@@H]([C@H](C)/C=C/[C@@H](O)C4(C(=C)CCCCC)CC4)CC[C@@]23C)C[C@H]1O. The molecule has 4 aliphatic rings. The lowest BCUT2D eigenvalue weighted by Crippen LogP contribution is -2.42. The molecule has 212 valence electrons. The lowest BCUT2D eigenvalue weighted by molar-refractivity contribution is 0.0454. The monoisotopic (exact) mass is 522 g/mol. The molecule has 4 fully saturated rings. The Hall–Kier alpha value is -1.42. The van der Waals surface area contributed by atoms with Crippen LogP contribution in [0.5, 0.6) is 0 Å². The lowest BCUT2D eigenvalue weighted by atomic mass is 9.53. The van der Waals surface area contributed by atoms with E-state index in [4.69, 9.17) is 0 Å². The molecule has 4 rings (SSSR count). The lowest BCUT2D eigenvalue weighted by Gasteiger charge is -2.51. The smallest absolute Gasteiger partial charge is 0.0814 e. The quantitative estimate of drug-likeness (QED) is 0.201. The Morgan fingerprint density at radius 1 is 1.03 bits per heavy atom. The van der Waals surface area contributed by atoms with E-state index in [1.807, 2.05) is 0 Å². The maximum absolute atomic E-state index is 11.2. The summed E-state index contributed by atoms with van der Waals surface area (Å²) >= 11 is 0. The van der Waals surface area contributed by atoms with Gasteiger partial charge >= 0.3 is 0 Å². The summed E-state index contributed by atoms with van der Waals surface area (Å²) in [6, 6.07) is 0. The van der Waals surface area contributed by atoms with Crippen molar-refractivity contribution in [2.24, 2.45) is 28.1 Å². The van der Waals surface area contributed by atoms with Gasteiger partial charge in [0.05, 0.1) is 18.3 Å². The van der Waals surface area contributed by atoms with Gasteiger partial charge in [-0.25, -0.2) is 0 Å². The second-order valence-electron chi connectivity index (χ2n) is 13.7. The van der Waals surface area contributed by atoms with Crippen LogP contribution in [0.25, 0.3) is 0 Å². The average Bonchev–Trinajstić information content (AvgIpc) is 3.64. The van der Waals surface area contributed by atoms with Gasteiger partial charge in [0.25, 0.3) is 0 Å². The van der Waals surface area contributed by atoms with Crippen molar-refractivity contribution >= 4 is 0 Å². The molecular weight excluding hydrogens is 468 g/mol. The molecule has 3 heteroatoms. The summed E-state index contributed by atoms with van der Waals surface area (Å²) in [7, 11) is 0. The molecule has 0 saturated heterocycles. The van der Waals surface area contributed by atoms with Crippen LogP contribution in [-0.4, -0.2) is 33.6 Å². The number of hydrogen-bond acceptors (Lipinski definition) is 3. The molecule has 0 bridgehead atoms. The minimum absolute atomic E-state index is 0.0705. The van der Waals surface area contributed by atoms with Crippen molar-refractivity contribution < 1.29 is 15.3 Å². The Balaban J connectivity index is 1.45. The third-order valence-corrected chi connectivity index (χ3v) is 11.5. The number of aliphatic hydroxyl groups is 3. The molecule has 0 aromatic rings. The molecule has 7 atom stereocenters. The van der Waals surface area contributed by atoms with Gasteiger partial charge in [-0.05, 0) is 98.9 Å². The zero-order valence-corrected chi connectivity index (χ0v) is 24.6. The summed E-state index contributed by atoms with van der Waals surface area (Å²) in [5, 5.41) is 31.7. The Morgan fingerprint density at radius 2 is 1.71 bits per heavy atom. The number of allylic oxidation sites excluding steroid dienone is 4. The summed E-state index contributed by atoms with van der Waals surface area (Å²) in [5.41, 5.74) is 4.77.